The average molecular weight is 757 g/mol. The van der Waals surface area contributed by atoms with E-state index in [-0.39, 0.29) is 0 Å². The Kier molecular flexibility index (Phi) is 41.1. The third kappa shape index (κ3) is 32.7. The van der Waals surface area contributed by atoms with Crippen LogP contribution in [-0.4, -0.2) is 37.0 Å². The molecule has 0 aliphatic rings. The van der Waals surface area contributed by atoms with Crippen LogP contribution >= 0.6 is 15.0 Å². The third-order valence-electron chi connectivity index (χ3n) is 11.9. The van der Waals surface area contributed by atoms with Crippen molar-refractivity contribution >= 4 is 15.0 Å². The van der Waals surface area contributed by atoms with Gasteiger partial charge in [-0.25, -0.2) is 0 Å². The van der Waals surface area contributed by atoms with Crippen molar-refractivity contribution in [2.45, 2.75) is 273 Å². The molecule has 0 aliphatic heterocycles. The number of unbranched alkanes of at least 4 members (excludes halogenated alkanes) is 30. The topological polar surface area (TPSA) is 9.23 Å². The summed E-state index contributed by atoms with van der Waals surface area (Å²) in [5.74, 6) is 0. The monoisotopic (exact) mass is 757 g/mol. The lowest BCUT2D eigenvalue weighted by Crippen LogP contribution is -2.19. The highest BCUT2D eigenvalue weighted by atomic mass is 31.3. The third-order valence-corrected chi connectivity index (χ3v) is 21.4. The number of rotatable bonds is 44. The van der Waals surface area contributed by atoms with E-state index in [1.165, 1.54) is 268 Å². The number of hydrogen-bond acceptors (Lipinski definition) is 1. The maximum absolute atomic E-state index is 8.41. The van der Waals surface area contributed by atoms with Crippen molar-refractivity contribution in [3.8, 4) is 0 Å². The van der Waals surface area contributed by atoms with Crippen LogP contribution in [0, 0.1) is 0 Å². The van der Waals surface area contributed by atoms with Crippen LogP contribution in [0.5, 0.6) is 0 Å². The van der Waals surface area contributed by atoms with Crippen molar-refractivity contribution in [1.82, 2.24) is 0 Å². The molecule has 0 fully saturated rings. The molecule has 0 saturated heterocycles. The summed E-state index contributed by atoms with van der Waals surface area (Å²) >= 11 is 0. The Morgan fingerprint density at radius 3 is 0.490 bits per heavy atom. The second-order valence-electron chi connectivity index (χ2n) is 17.1. The molecule has 0 N–H and O–H groups in total. The molecule has 0 aliphatic carbocycles. The van der Waals surface area contributed by atoms with Gasteiger partial charge in [-0.05, 0) is 77.0 Å². The van der Waals surface area contributed by atoms with Crippen molar-refractivity contribution in [1.29, 1.82) is 0 Å². The first-order valence-electron chi connectivity index (χ1n) is 24.5. The summed E-state index contributed by atoms with van der Waals surface area (Å²) in [5.41, 5.74) is 0. The maximum atomic E-state index is 8.41. The molecular weight excluding hydrogens is 654 g/mol. The molecule has 0 aromatic heterocycles. The first-order chi connectivity index (χ1) is 25.1. The van der Waals surface area contributed by atoms with Crippen LogP contribution in [0.2, 0.25) is 0 Å². The molecule has 0 saturated carbocycles. The van der Waals surface area contributed by atoms with Gasteiger partial charge in [0.1, 0.15) is 0 Å². The molecule has 0 amide bonds. The van der Waals surface area contributed by atoms with Gasteiger partial charge in [0, 0.05) is 0 Å². The van der Waals surface area contributed by atoms with Crippen molar-refractivity contribution in [2.75, 3.05) is 37.0 Å². The summed E-state index contributed by atoms with van der Waals surface area (Å²) in [4.78, 5) is 0. The fourth-order valence-corrected chi connectivity index (χ4v) is 19.4. The van der Waals surface area contributed by atoms with Gasteiger partial charge in [-0.1, -0.05) is 196 Å². The van der Waals surface area contributed by atoms with Gasteiger partial charge in [0.25, 0.3) is 0 Å². The quantitative estimate of drug-likeness (QED) is 0.0444. The van der Waals surface area contributed by atoms with Crippen molar-refractivity contribution in [2.24, 2.45) is 0 Å². The molecule has 0 aromatic carbocycles. The minimum atomic E-state index is -1.43. The highest BCUT2D eigenvalue weighted by Gasteiger charge is 2.52. The molecular formula is C48H102OP2+2. The molecule has 0 radical (unpaired) electrons. The Balaban J connectivity index is 6.35. The van der Waals surface area contributed by atoms with E-state index in [0.717, 1.165) is 0 Å². The number of hydrogen-bond donors (Lipinski definition) is 0. The van der Waals surface area contributed by atoms with Crippen LogP contribution in [0.3, 0.4) is 0 Å². The standard InChI is InChI=1S/C48H102OP2/c1-7-13-19-25-31-37-43-50(44-38-32-26-20-14-8-2,45-39-33-27-21-15-9-3)49-51(46-40-34-28-22-16-10-4,47-41-35-29-23-17-11-5)48-42-36-30-24-18-12-6/h7-48H2,1-6H3/q+2. The van der Waals surface area contributed by atoms with Gasteiger partial charge in [0.15, 0.2) is 15.0 Å². The van der Waals surface area contributed by atoms with Crippen LogP contribution < -0.4 is 0 Å². The lowest BCUT2D eigenvalue weighted by Gasteiger charge is -2.33. The molecule has 0 atom stereocenters. The van der Waals surface area contributed by atoms with E-state index in [1.807, 2.05) is 0 Å². The predicted molar refractivity (Wildman–Crippen MR) is 244 cm³/mol. The van der Waals surface area contributed by atoms with Gasteiger partial charge in [-0.2, -0.15) is 0 Å². The minimum Gasteiger partial charge on any atom is -0.104 e. The van der Waals surface area contributed by atoms with Crippen LogP contribution in [-0.2, 0) is 4.31 Å². The normalized spacial score (nSPS) is 12.4. The highest BCUT2D eigenvalue weighted by molar-refractivity contribution is 7.83. The Morgan fingerprint density at radius 2 is 0.333 bits per heavy atom. The summed E-state index contributed by atoms with van der Waals surface area (Å²) in [6.45, 7) is 14.2. The largest absolute Gasteiger partial charge is 0.193 e. The van der Waals surface area contributed by atoms with Gasteiger partial charge in [0.05, 0.1) is 37.0 Å². The van der Waals surface area contributed by atoms with Crippen molar-refractivity contribution in [3.05, 3.63) is 0 Å². The molecule has 0 bridgehead atoms. The van der Waals surface area contributed by atoms with Crippen LogP contribution in [0.15, 0.2) is 0 Å². The molecule has 308 valence electrons. The van der Waals surface area contributed by atoms with Crippen LogP contribution in [0.1, 0.15) is 273 Å². The van der Waals surface area contributed by atoms with E-state index in [2.05, 4.69) is 41.5 Å². The van der Waals surface area contributed by atoms with Gasteiger partial charge < -0.3 is 0 Å². The Morgan fingerprint density at radius 1 is 0.196 bits per heavy atom. The van der Waals surface area contributed by atoms with Crippen molar-refractivity contribution in [3.63, 3.8) is 0 Å². The maximum Gasteiger partial charge on any atom is 0.193 e. The smallest absolute Gasteiger partial charge is 0.104 e. The van der Waals surface area contributed by atoms with E-state index in [1.54, 1.807) is 0 Å². The molecule has 0 unspecified atom stereocenters. The zero-order valence-corrected chi connectivity index (χ0v) is 38.8. The first kappa shape index (κ1) is 51.8. The molecule has 51 heavy (non-hydrogen) atoms. The SMILES string of the molecule is CCCCCCCC[P+](CCCCCCCC)(CCCCCCCC)O[P+](CCCCCCCC)(CCCCCCCC)CCCCCCCC. The van der Waals surface area contributed by atoms with E-state index >= 15 is 0 Å². The van der Waals surface area contributed by atoms with E-state index in [9.17, 15) is 0 Å². The summed E-state index contributed by atoms with van der Waals surface area (Å²) in [6, 6.07) is 0. The highest BCUT2D eigenvalue weighted by Crippen LogP contribution is 2.78. The van der Waals surface area contributed by atoms with E-state index < -0.39 is 15.0 Å². The summed E-state index contributed by atoms with van der Waals surface area (Å²) < 4.78 is 8.41. The van der Waals surface area contributed by atoms with Gasteiger partial charge in [-0.15, -0.1) is 4.31 Å². The zero-order chi connectivity index (χ0) is 37.4. The lowest BCUT2D eigenvalue weighted by molar-refractivity contribution is 0.557. The summed E-state index contributed by atoms with van der Waals surface area (Å²) in [7, 11) is -2.87. The fourth-order valence-electron chi connectivity index (χ4n) is 8.36. The Bertz CT molecular complexity index is 516. The van der Waals surface area contributed by atoms with Crippen molar-refractivity contribution < 1.29 is 4.31 Å². The molecule has 3 heteroatoms. The van der Waals surface area contributed by atoms with Crippen LogP contribution in [0.25, 0.3) is 0 Å². The molecule has 0 heterocycles. The molecule has 0 spiro atoms. The Hall–Kier alpha value is 0.820. The first-order valence-corrected chi connectivity index (χ1v) is 29.0. The van der Waals surface area contributed by atoms with Crippen LogP contribution in [0.4, 0.5) is 0 Å². The predicted octanol–water partition coefficient (Wildman–Crippen LogP) is 19.0. The van der Waals surface area contributed by atoms with Gasteiger partial charge in [-0.3, -0.25) is 0 Å². The fraction of sp³-hybridized carbons (Fsp3) is 1.00. The van der Waals surface area contributed by atoms with E-state index in [4.69, 9.17) is 4.31 Å². The molecule has 1 nitrogen and oxygen atoms in total. The zero-order valence-electron chi connectivity index (χ0n) is 37.0. The second-order valence-corrected chi connectivity index (χ2v) is 24.7. The lowest BCUT2D eigenvalue weighted by atomic mass is 10.1. The molecule has 0 rings (SSSR count). The summed E-state index contributed by atoms with van der Waals surface area (Å²) in [6.07, 6.45) is 60.4. The Labute approximate surface area is 327 Å². The van der Waals surface area contributed by atoms with Gasteiger partial charge in [0.2, 0.25) is 0 Å². The van der Waals surface area contributed by atoms with E-state index in [0.29, 0.717) is 0 Å². The minimum absolute atomic E-state index is 1.36. The summed E-state index contributed by atoms with van der Waals surface area (Å²) in [5, 5.41) is 0. The second kappa shape index (κ2) is 40.5. The molecule has 0 aromatic rings. The van der Waals surface area contributed by atoms with Gasteiger partial charge >= 0.3 is 0 Å². The average Bonchev–Trinajstić information content (AvgIpc) is 3.13.